The van der Waals surface area contributed by atoms with Crippen molar-refractivity contribution in [1.82, 2.24) is 15.2 Å². The Labute approximate surface area is 115 Å². The normalized spacial score (nSPS) is 10.8. The molecule has 0 atom stereocenters. The van der Waals surface area contributed by atoms with Crippen molar-refractivity contribution in [2.75, 3.05) is 11.9 Å². The molecular weight excluding hydrogens is 264 g/mol. The fourth-order valence-electron chi connectivity index (χ4n) is 1.26. The molecule has 0 amide bonds. The van der Waals surface area contributed by atoms with Crippen LogP contribution in [0.3, 0.4) is 0 Å². The van der Waals surface area contributed by atoms with Crippen molar-refractivity contribution in [1.29, 1.82) is 0 Å². The number of nitrogens with zero attached hydrogens (tertiary/aromatic N) is 3. The molecule has 0 fully saturated rings. The Balaban J connectivity index is 1.83. The summed E-state index contributed by atoms with van der Waals surface area (Å²) >= 11 is 3.30. The maximum absolute atomic E-state index is 4.16. The molecule has 2 aromatic rings. The van der Waals surface area contributed by atoms with Crippen molar-refractivity contribution in [2.24, 2.45) is 5.92 Å². The summed E-state index contributed by atoms with van der Waals surface area (Å²) in [6, 6.07) is 4.02. The second-order valence-electron chi connectivity index (χ2n) is 4.30. The highest BCUT2D eigenvalue weighted by Crippen LogP contribution is 2.28. The van der Waals surface area contributed by atoms with Crippen LogP contribution in [0.1, 0.15) is 19.4 Å². The second-order valence-corrected chi connectivity index (χ2v) is 6.50. The third-order valence-corrected chi connectivity index (χ3v) is 4.24. The van der Waals surface area contributed by atoms with Crippen LogP contribution in [-0.2, 0) is 5.75 Å². The van der Waals surface area contributed by atoms with E-state index in [0.29, 0.717) is 5.92 Å². The summed E-state index contributed by atoms with van der Waals surface area (Å²) in [5.41, 5.74) is 1.20. The molecule has 0 spiro atoms. The molecule has 2 rings (SSSR count). The summed E-state index contributed by atoms with van der Waals surface area (Å²) in [5.74, 6) is 1.49. The summed E-state index contributed by atoms with van der Waals surface area (Å²) in [4.78, 5) is 4.09. The Morgan fingerprint density at radius 3 is 3.00 bits per heavy atom. The van der Waals surface area contributed by atoms with E-state index >= 15 is 0 Å². The van der Waals surface area contributed by atoms with Crippen molar-refractivity contribution in [3.05, 3.63) is 30.1 Å². The van der Waals surface area contributed by atoms with Crippen LogP contribution >= 0.6 is 23.1 Å². The van der Waals surface area contributed by atoms with Gasteiger partial charge in [-0.15, -0.1) is 10.2 Å². The molecule has 0 radical (unpaired) electrons. The van der Waals surface area contributed by atoms with E-state index in [1.807, 2.05) is 12.3 Å². The van der Waals surface area contributed by atoms with Gasteiger partial charge < -0.3 is 5.32 Å². The van der Waals surface area contributed by atoms with E-state index < -0.39 is 0 Å². The van der Waals surface area contributed by atoms with Crippen LogP contribution in [0.5, 0.6) is 0 Å². The number of aromatic nitrogens is 3. The highest BCUT2D eigenvalue weighted by Gasteiger charge is 2.05. The van der Waals surface area contributed by atoms with Crippen LogP contribution < -0.4 is 5.32 Å². The summed E-state index contributed by atoms with van der Waals surface area (Å²) in [6.45, 7) is 5.28. The lowest BCUT2D eigenvalue weighted by Crippen LogP contribution is -2.07. The van der Waals surface area contributed by atoms with E-state index in [-0.39, 0.29) is 0 Å². The lowest BCUT2D eigenvalue weighted by atomic mass is 10.2. The van der Waals surface area contributed by atoms with Gasteiger partial charge in [0, 0.05) is 24.7 Å². The molecule has 0 aromatic carbocycles. The highest BCUT2D eigenvalue weighted by atomic mass is 32.2. The van der Waals surface area contributed by atoms with E-state index in [1.54, 1.807) is 29.3 Å². The van der Waals surface area contributed by atoms with Gasteiger partial charge in [0.05, 0.1) is 0 Å². The van der Waals surface area contributed by atoms with Crippen LogP contribution in [0.4, 0.5) is 5.13 Å². The van der Waals surface area contributed by atoms with E-state index in [1.165, 1.54) is 5.56 Å². The van der Waals surface area contributed by atoms with Gasteiger partial charge >= 0.3 is 0 Å². The van der Waals surface area contributed by atoms with Crippen LogP contribution in [0.2, 0.25) is 0 Å². The minimum absolute atomic E-state index is 0.611. The molecular formula is C12H16N4S2. The molecule has 1 N–H and O–H groups in total. The number of pyridine rings is 1. The average Bonchev–Trinajstić information content (AvgIpc) is 2.83. The number of nitrogens with one attached hydrogen (secondary N) is 1. The van der Waals surface area contributed by atoms with Crippen molar-refractivity contribution in [3.63, 3.8) is 0 Å². The first-order valence-electron chi connectivity index (χ1n) is 5.83. The quantitative estimate of drug-likeness (QED) is 0.823. The molecule has 0 aliphatic carbocycles. The van der Waals surface area contributed by atoms with Gasteiger partial charge in [-0.3, -0.25) is 4.98 Å². The third-order valence-electron chi connectivity index (χ3n) is 2.15. The maximum atomic E-state index is 4.16. The Morgan fingerprint density at radius 1 is 1.39 bits per heavy atom. The van der Waals surface area contributed by atoms with Gasteiger partial charge in [-0.25, -0.2) is 0 Å². The van der Waals surface area contributed by atoms with Crippen molar-refractivity contribution >= 4 is 28.2 Å². The number of hydrogen-bond acceptors (Lipinski definition) is 6. The van der Waals surface area contributed by atoms with Gasteiger partial charge in [0.15, 0.2) is 4.34 Å². The average molecular weight is 280 g/mol. The van der Waals surface area contributed by atoms with Crippen LogP contribution in [0.15, 0.2) is 28.9 Å². The maximum Gasteiger partial charge on any atom is 0.206 e. The molecule has 0 bridgehead atoms. The van der Waals surface area contributed by atoms with E-state index in [9.17, 15) is 0 Å². The zero-order chi connectivity index (χ0) is 12.8. The van der Waals surface area contributed by atoms with Gasteiger partial charge in [0.25, 0.3) is 0 Å². The zero-order valence-electron chi connectivity index (χ0n) is 10.5. The molecule has 6 heteroatoms. The first-order valence-corrected chi connectivity index (χ1v) is 7.63. The molecule has 0 aliphatic rings. The van der Waals surface area contributed by atoms with Crippen molar-refractivity contribution in [2.45, 2.75) is 23.9 Å². The predicted molar refractivity (Wildman–Crippen MR) is 77.0 cm³/mol. The molecule has 0 saturated heterocycles. The zero-order valence-corrected chi connectivity index (χ0v) is 12.1. The van der Waals surface area contributed by atoms with Crippen molar-refractivity contribution < 1.29 is 0 Å². The van der Waals surface area contributed by atoms with Crippen LogP contribution in [0, 0.1) is 5.92 Å². The van der Waals surface area contributed by atoms with E-state index in [0.717, 1.165) is 21.8 Å². The summed E-state index contributed by atoms with van der Waals surface area (Å²) < 4.78 is 0.991. The Hall–Kier alpha value is -1.14. The first-order chi connectivity index (χ1) is 8.74. The van der Waals surface area contributed by atoms with Gasteiger partial charge in [-0.05, 0) is 17.5 Å². The number of thioether (sulfide) groups is 1. The molecule has 18 heavy (non-hydrogen) atoms. The summed E-state index contributed by atoms with van der Waals surface area (Å²) in [7, 11) is 0. The van der Waals surface area contributed by atoms with Gasteiger partial charge in [0.2, 0.25) is 5.13 Å². The minimum atomic E-state index is 0.611. The van der Waals surface area contributed by atoms with E-state index in [4.69, 9.17) is 0 Å². The fraction of sp³-hybridized carbons (Fsp3) is 0.417. The number of anilines is 1. The van der Waals surface area contributed by atoms with Crippen LogP contribution in [0.25, 0.3) is 0 Å². The lowest BCUT2D eigenvalue weighted by molar-refractivity contribution is 0.687. The molecule has 0 unspecified atom stereocenters. The Kier molecular flexibility index (Phi) is 4.95. The largest absolute Gasteiger partial charge is 0.360 e. The van der Waals surface area contributed by atoms with Gasteiger partial charge in [0.1, 0.15) is 0 Å². The van der Waals surface area contributed by atoms with Crippen LogP contribution in [-0.4, -0.2) is 21.7 Å². The molecule has 2 aromatic heterocycles. The Morgan fingerprint density at radius 2 is 2.28 bits per heavy atom. The van der Waals surface area contributed by atoms with Crippen molar-refractivity contribution in [3.8, 4) is 0 Å². The predicted octanol–water partition coefficient (Wildman–Crippen LogP) is 3.29. The monoisotopic (exact) mass is 280 g/mol. The topological polar surface area (TPSA) is 50.7 Å². The Bertz CT molecular complexity index is 470. The summed E-state index contributed by atoms with van der Waals surface area (Å²) in [5, 5.41) is 12.5. The molecule has 2 heterocycles. The number of rotatable bonds is 6. The standard InChI is InChI=1S/C12H16N4S2/c1-9(2)6-14-11-15-16-12(18-11)17-8-10-4-3-5-13-7-10/h3-5,7,9H,6,8H2,1-2H3,(H,14,15). The minimum Gasteiger partial charge on any atom is -0.360 e. The molecule has 4 nitrogen and oxygen atoms in total. The molecule has 0 aliphatic heterocycles. The highest BCUT2D eigenvalue weighted by molar-refractivity contribution is 8.00. The fourth-order valence-corrected chi connectivity index (χ4v) is 2.95. The summed E-state index contributed by atoms with van der Waals surface area (Å²) in [6.07, 6.45) is 3.67. The SMILES string of the molecule is CC(C)CNc1nnc(SCc2cccnc2)s1. The van der Waals surface area contributed by atoms with Gasteiger partial charge in [-0.2, -0.15) is 0 Å². The molecule has 96 valence electrons. The van der Waals surface area contributed by atoms with Gasteiger partial charge in [-0.1, -0.05) is 43.0 Å². The third kappa shape index (κ3) is 4.27. The smallest absolute Gasteiger partial charge is 0.206 e. The number of hydrogen-bond donors (Lipinski definition) is 1. The molecule has 0 saturated carbocycles. The van der Waals surface area contributed by atoms with E-state index in [2.05, 4.69) is 40.4 Å². The second kappa shape index (κ2) is 6.70. The first kappa shape index (κ1) is 13.3. The lowest BCUT2D eigenvalue weighted by Gasteiger charge is -2.03.